The smallest absolute Gasteiger partial charge is 0.260 e. The van der Waals surface area contributed by atoms with Gasteiger partial charge >= 0.3 is 0 Å². The van der Waals surface area contributed by atoms with Gasteiger partial charge in [0.15, 0.2) is 15.8 Å². The first-order valence-corrected chi connectivity index (χ1v) is 8.37. The number of sulfonamides is 1. The maximum atomic E-state index is 12.5. The molecule has 3 rings (SSSR count). The van der Waals surface area contributed by atoms with Crippen LogP contribution in [0.5, 0.6) is 0 Å². The highest BCUT2D eigenvalue weighted by molar-refractivity contribution is 7.89. The number of hydrogen-bond acceptors (Lipinski definition) is 5. The lowest BCUT2D eigenvalue weighted by molar-refractivity contribution is 0.552. The quantitative estimate of drug-likeness (QED) is 0.897. The van der Waals surface area contributed by atoms with E-state index in [0.717, 1.165) is 6.42 Å². The molecule has 2 heterocycles. The summed E-state index contributed by atoms with van der Waals surface area (Å²) in [5.41, 5.74) is 0.0470. The summed E-state index contributed by atoms with van der Waals surface area (Å²) in [4.78, 5) is 4.94. The van der Waals surface area contributed by atoms with E-state index in [4.69, 9.17) is 0 Å². The second-order valence-corrected chi connectivity index (χ2v) is 7.94. The lowest BCUT2D eigenvalue weighted by atomic mass is 10.2. The van der Waals surface area contributed by atoms with Gasteiger partial charge in [0.2, 0.25) is 0 Å². The Labute approximate surface area is 115 Å². The van der Waals surface area contributed by atoms with Crippen LogP contribution in [-0.2, 0) is 10.0 Å². The number of anilines is 1. The predicted molar refractivity (Wildman–Crippen MR) is 75.1 cm³/mol. The maximum absolute atomic E-state index is 12.5. The lowest BCUT2D eigenvalue weighted by Gasteiger charge is -2.08. The summed E-state index contributed by atoms with van der Waals surface area (Å²) in [6.45, 7) is 4.10. The summed E-state index contributed by atoms with van der Waals surface area (Å²) in [6, 6.07) is 0.00592. The SMILES string of the molecule is CNc1nc2sccn2c1S(=O)(=O)NC1CC1(C)C. The van der Waals surface area contributed by atoms with Gasteiger partial charge in [0, 0.05) is 24.7 Å². The third kappa shape index (κ3) is 2.03. The minimum absolute atomic E-state index is 0.00592. The molecule has 1 atom stereocenters. The van der Waals surface area contributed by atoms with Crippen molar-refractivity contribution in [3.63, 3.8) is 0 Å². The van der Waals surface area contributed by atoms with Gasteiger partial charge in [-0.25, -0.2) is 18.1 Å². The van der Waals surface area contributed by atoms with Gasteiger partial charge in [0.05, 0.1) is 0 Å². The Hall–Kier alpha value is -1.12. The van der Waals surface area contributed by atoms with E-state index in [1.54, 1.807) is 17.6 Å². The number of thiazole rings is 1. The van der Waals surface area contributed by atoms with Crippen LogP contribution in [0.1, 0.15) is 20.3 Å². The van der Waals surface area contributed by atoms with Crippen molar-refractivity contribution >= 4 is 32.1 Å². The minimum atomic E-state index is -3.57. The molecule has 19 heavy (non-hydrogen) atoms. The predicted octanol–water partition coefficient (Wildman–Crippen LogP) is 1.51. The zero-order chi connectivity index (χ0) is 13.8. The number of fused-ring (bicyclic) bond motifs is 1. The average molecular weight is 300 g/mol. The van der Waals surface area contributed by atoms with E-state index < -0.39 is 10.0 Å². The van der Waals surface area contributed by atoms with E-state index >= 15 is 0 Å². The fourth-order valence-corrected chi connectivity index (χ4v) is 4.56. The molecule has 1 aliphatic rings. The number of hydrogen-bond donors (Lipinski definition) is 2. The third-order valence-electron chi connectivity index (χ3n) is 3.52. The Morgan fingerprint density at radius 1 is 1.53 bits per heavy atom. The second-order valence-electron chi connectivity index (χ2n) is 5.44. The minimum Gasteiger partial charge on any atom is -0.371 e. The number of rotatable bonds is 4. The summed E-state index contributed by atoms with van der Waals surface area (Å²) < 4.78 is 29.4. The van der Waals surface area contributed by atoms with Crippen LogP contribution in [0, 0.1) is 5.41 Å². The number of imidazole rings is 1. The fourth-order valence-electron chi connectivity index (χ4n) is 2.10. The molecule has 0 amide bonds. The molecule has 0 bridgehead atoms. The molecular weight excluding hydrogens is 284 g/mol. The van der Waals surface area contributed by atoms with Gasteiger partial charge in [-0.2, -0.15) is 0 Å². The molecule has 0 radical (unpaired) electrons. The third-order valence-corrected chi connectivity index (χ3v) is 5.77. The largest absolute Gasteiger partial charge is 0.371 e. The fraction of sp³-hybridized carbons (Fsp3) is 0.545. The van der Waals surface area contributed by atoms with Crippen molar-refractivity contribution in [2.75, 3.05) is 12.4 Å². The summed E-state index contributed by atoms with van der Waals surface area (Å²) in [5.74, 6) is 0.387. The summed E-state index contributed by atoms with van der Waals surface area (Å²) >= 11 is 1.41. The molecule has 1 saturated carbocycles. The monoisotopic (exact) mass is 300 g/mol. The van der Waals surface area contributed by atoms with Crippen LogP contribution in [0.3, 0.4) is 0 Å². The lowest BCUT2D eigenvalue weighted by Crippen LogP contribution is -2.30. The normalized spacial score (nSPS) is 21.7. The molecule has 2 aromatic heterocycles. The highest BCUT2D eigenvalue weighted by Gasteiger charge is 2.48. The van der Waals surface area contributed by atoms with Gasteiger partial charge in [-0.05, 0) is 11.8 Å². The highest BCUT2D eigenvalue weighted by Crippen LogP contribution is 2.45. The van der Waals surface area contributed by atoms with Gasteiger partial charge in [0.1, 0.15) is 0 Å². The summed E-state index contributed by atoms with van der Waals surface area (Å²) in [5, 5.41) is 4.86. The van der Waals surface area contributed by atoms with Crippen molar-refractivity contribution < 1.29 is 8.42 Å². The highest BCUT2D eigenvalue weighted by atomic mass is 32.2. The molecule has 1 aliphatic carbocycles. The van der Waals surface area contributed by atoms with E-state index in [1.165, 1.54) is 11.3 Å². The second kappa shape index (κ2) is 3.94. The molecule has 2 N–H and O–H groups in total. The standard InChI is InChI=1S/C11H16N4O2S2/c1-11(2)6-7(11)14-19(16,17)9-8(12-3)13-10-15(9)4-5-18-10/h4-5,7,12,14H,6H2,1-3H3. The first-order chi connectivity index (χ1) is 8.85. The Morgan fingerprint density at radius 3 is 2.79 bits per heavy atom. The van der Waals surface area contributed by atoms with Crippen LogP contribution in [0.15, 0.2) is 16.6 Å². The van der Waals surface area contributed by atoms with E-state index in [-0.39, 0.29) is 16.5 Å². The van der Waals surface area contributed by atoms with Gasteiger partial charge < -0.3 is 5.32 Å². The zero-order valence-electron chi connectivity index (χ0n) is 11.0. The van der Waals surface area contributed by atoms with Crippen LogP contribution < -0.4 is 10.0 Å². The van der Waals surface area contributed by atoms with Crippen molar-refractivity contribution in [3.05, 3.63) is 11.6 Å². The Kier molecular flexibility index (Phi) is 2.67. The molecule has 0 aromatic carbocycles. The van der Waals surface area contributed by atoms with E-state index in [0.29, 0.717) is 10.8 Å². The van der Waals surface area contributed by atoms with Crippen LogP contribution in [0.4, 0.5) is 5.82 Å². The van der Waals surface area contributed by atoms with E-state index in [2.05, 4.69) is 28.9 Å². The Bertz CT molecular complexity index is 729. The van der Waals surface area contributed by atoms with E-state index in [9.17, 15) is 8.42 Å². The van der Waals surface area contributed by atoms with E-state index in [1.807, 2.05) is 5.38 Å². The molecule has 0 spiro atoms. The van der Waals surface area contributed by atoms with Crippen molar-refractivity contribution in [3.8, 4) is 0 Å². The molecule has 1 fully saturated rings. The van der Waals surface area contributed by atoms with Gasteiger partial charge in [-0.15, -0.1) is 11.3 Å². The van der Waals surface area contributed by atoms with Gasteiger partial charge in [-0.3, -0.25) is 4.40 Å². The molecule has 104 valence electrons. The molecule has 1 unspecified atom stereocenters. The Morgan fingerprint density at radius 2 is 2.21 bits per heavy atom. The maximum Gasteiger partial charge on any atom is 0.260 e. The average Bonchev–Trinajstić information content (AvgIpc) is 2.69. The first kappa shape index (κ1) is 12.9. The zero-order valence-corrected chi connectivity index (χ0v) is 12.6. The summed E-state index contributed by atoms with van der Waals surface area (Å²) in [6.07, 6.45) is 2.59. The molecular formula is C11H16N4O2S2. The van der Waals surface area contributed by atoms with Crippen molar-refractivity contribution in [1.82, 2.24) is 14.1 Å². The van der Waals surface area contributed by atoms with Crippen LogP contribution in [0.2, 0.25) is 0 Å². The van der Waals surface area contributed by atoms with Crippen LogP contribution >= 0.6 is 11.3 Å². The topological polar surface area (TPSA) is 75.5 Å². The molecule has 6 nitrogen and oxygen atoms in total. The van der Waals surface area contributed by atoms with Crippen LogP contribution in [0.25, 0.3) is 4.96 Å². The first-order valence-electron chi connectivity index (χ1n) is 6.01. The van der Waals surface area contributed by atoms with Crippen molar-refractivity contribution in [1.29, 1.82) is 0 Å². The van der Waals surface area contributed by atoms with Crippen molar-refractivity contribution in [2.24, 2.45) is 5.41 Å². The molecule has 2 aromatic rings. The summed E-state index contributed by atoms with van der Waals surface area (Å²) in [7, 11) is -1.90. The number of aromatic nitrogens is 2. The molecule has 8 heteroatoms. The van der Waals surface area contributed by atoms with Crippen molar-refractivity contribution in [2.45, 2.75) is 31.3 Å². The van der Waals surface area contributed by atoms with Gasteiger partial charge in [-0.1, -0.05) is 13.8 Å². The molecule has 0 saturated heterocycles. The van der Waals surface area contributed by atoms with Gasteiger partial charge in [0.25, 0.3) is 10.0 Å². The molecule has 0 aliphatic heterocycles. The number of nitrogens with zero attached hydrogens (tertiary/aromatic N) is 2. The van der Waals surface area contributed by atoms with Crippen LogP contribution in [-0.4, -0.2) is 30.9 Å². The Balaban J connectivity index is 2.04. The number of nitrogens with one attached hydrogen (secondary N) is 2.